The topological polar surface area (TPSA) is 267 Å². The Morgan fingerprint density at radius 2 is 1.25 bits per heavy atom. The molecule has 0 saturated heterocycles. The van der Waals surface area contributed by atoms with Crippen LogP contribution >= 0.6 is 0 Å². The van der Waals surface area contributed by atoms with Crippen LogP contribution in [0.4, 0.5) is 0 Å². The van der Waals surface area contributed by atoms with Crippen molar-refractivity contribution in [1.29, 1.82) is 0 Å². The second-order valence-electron chi connectivity index (χ2n) is 12.4. The maximum absolute atomic E-state index is 13.3. The third-order valence-electron chi connectivity index (χ3n) is 9.11. The lowest BCUT2D eigenvalue weighted by Crippen LogP contribution is -2.38. The zero-order chi connectivity index (χ0) is 37.2. The van der Waals surface area contributed by atoms with E-state index in [0.29, 0.717) is 5.56 Å². The van der Waals surface area contributed by atoms with Gasteiger partial charge in [-0.15, -0.1) is 0 Å². The number of aromatic hydroxyl groups is 10. The van der Waals surface area contributed by atoms with Crippen LogP contribution in [0.15, 0.2) is 72.8 Å². The minimum atomic E-state index is -1.60. The Balaban J connectivity index is 1.39. The van der Waals surface area contributed by atoms with Gasteiger partial charge in [0.25, 0.3) is 0 Å². The van der Waals surface area contributed by atoms with Gasteiger partial charge in [-0.25, -0.2) is 4.79 Å². The summed E-state index contributed by atoms with van der Waals surface area (Å²) in [5.74, 6) is -8.40. The molecule has 5 unspecified atom stereocenters. The second-order valence-corrected chi connectivity index (χ2v) is 12.4. The predicted octanol–water partition coefficient (Wildman–Crippen LogP) is 4.27. The quantitative estimate of drug-likeness (QED) is 0.0896. The van der Waals surface area contributed by atoms with Gasteiger partial charge in [0.2, 0.25) is 0 Å². The number of hydrogen-bond donors (Lipinski definition) is 11. The van der Waals surface area contributed by atoms with E-state index in [2.05, 4.69) is 0 Å². The molecule has 2 heterocycles. The van der Waals surface area contributed by atoms with E-state index < -0.39 is 82.3 Å². The molecule has 11 N–H and O–H groups in total. The first-order chi connectivity index (χ1) is 24.7. The summed E-state index contributed by atoms with van der Waals surface area (Å²) in [5, 5.41) is 116. The molecule has 52 heavy (non-hydrogen) atoms. The highest BCUT2D eigenvalue weighted by Gasteiger charge is 2.47. The maximum Gasteiger partial charge on any atom is 0.338 e. The lowest BCUT2D eigenvalue weighted by molar-refractivity contribution is -0.0210. The summed E-state index contributed by atoms with van der Waals surface area (Å²) in [5.41, 5.74) is -0.116. The number of carbonyl (C=O) groups is 1. The van der Waals surface area contributed by atoms with E-state index in [0.717, 1.165) is 36.4 Å². The first-order valence-corrected chi connectivity index (χ1v) is 15.6. The molecule has 0 amide bonds. The molecule has 0 bridgehead atoms. The van der Waals surface area contributed by atoms with Crippen molar-refractivity contribution in [3.63, 3.8) is 0 Å². The number of esters is 1. The summed E-state index contributed by atoms with van der Waals surface area (Å²) in [4.78, 5) is 13.3. The Morgan fingerprint density at radius 3 is 1.92 bits per heavy atom. The van der Waals surface area contributed by atoms with Gasteiger partial charge < -0.3 is 70.4 Å². The van der Waals surface area contributed by atoms with Crippen molar-refractivity contribution in [1.82, 2.24) is 0 Å². The fraction of sp³-hybridized carbons (Fsp3) is 0.162. The van der Waals surface area contributed by atoms with Crippen LogP contribution in [0.5, 0.6) is 69.0 Å². The molecule has 7 rings (SSSR count). The number of benzene rings is 5. The molecule has 2 aliphatic heterocycles. The zero-order valence-corrected chi connectivity index (χ0v) is 26.6. The SMILES string of the molecule is O=C(OC1Cc2c(O)cc(O)c(C3c4c(O)cc(O)cc4OC(c4ccc(O)cc4)C3O)c2OC1c1ccc(O)c(O)c1)c1cc(O)c(O)c(O)c1. The van der Waals surface area contributed by atoms with Crippen molar-refractivity contribution in [2.45, 2.75) is 36.8 Å². The first-order valence-electron chi connectivity index (χ1n) is 15.6. The number of phenols is 10. The van der Waals surface area contributed by atoms with Gasteiger partial charge in [-0.3, -0.25) is 0 Å². The van der Waals surface area contributed by atoms with Crippen molar-refractivity contribution in [2.24, 2.45) is 0 Å². The Labute approximate surface area is 292 Å². The number of aliphatic hydroxyl groups is 1. The number of phenolic OH excluding ortho intramolecular Hbond substituents is 10. The van der Waals surface area contributed by atoms with Gasteiger partial charge in [-0.2, -0.15) is 0 Å². The molecule has 5 aromatic carbocycles. The van der Waals surface area contributed by atoms with Crippen molar-refractivity contribution in [3.8, 4) is 69.0 Å². The van der Waals surface area contributed by atoms with Crippen LogP contribution in [0.2, 0.25) is 0 Å². The van der Waals surface area contributed by atoms with Gasteiger partial charge in [0.1, 0.15) is 52.5 Å². The fourth-order valence-corrected chi connectivity index (χ4v) is 6.67. The van der Waals surface area contributed by atoms with E-state index in [1.807, 2.05) is 0 Å². The standard InChI is InChI=1S/C37H30O15/c38-17-4-1-14(2-5-17)35-33(48)31(29-23(43)10-18(39)11-27(29)50-35)30-24(44)13-21(41)19-12-28(51-37(49)16-8-25(45)32(47)26(46)9-16)34(52-36(19)30)15-3-6-20(40)22(42)7-15/h1-11,13,28,31,33-35,38-48H,12H2. The van der Waals surface area contributed by atoms with Crippen molar-refractivity contribution >= 4 is 5.97 Å². The Hall–Kier alpha value is -6.87. The number of ether oxygens (including phenoxy) is 3. The molecule has 0 aliphatic carbocycles. The summed E-state index contributed by atoms with van der Waals surface area (Å²) >= 11 is 0. The average molecular weight is 715 g/mol. The van der Waals surface area contributed by atoms with Gasteiger partial charge in [-0.05, 0) is 42.0 Å². The highest BCUT2D eigenvalue weighted by molar-refractivity contribution is 5.91. The molecule has 15 nitrogen and oxygen atoms in total. The predicted molar refractivity (Wildman–Crippen MR) is 176 cm³/mol. The highest BCUT2D eigenvalue weighted by Crippen LogP contribution is 2.57. The Kier molecular flexibility index (Phi) is 8.06. The van der Waals surface area contributed by atoms with E-state index in [9.17, 15) is 61.0 Å². The Bertz CT molecular complexity index is 2210. The third-order valence-corrected chi connectivity index (χ3v) is 9.11. The largest absolute Gasteiger partial charge is 0.508 e. The van der Waals surface area contributed by atoms with Crippen LogP contribution < -0.4 is 9.47 Å². The van der Waals surface area contributed by atoms with Crippen LogP contribution in [0, 0.1) is 0 Å². The van der Waals surface area contributed by atoms with Crippen LogP contribution in [0.3, 0.4) is 0 Å². The lowest BCUT2D eigenvalue weighted by atomic mass is 9.77. The molecular weight excluding hydrogens is 684 g/mol. The normalized spacial score (nSPS) is 20.5. The number of rotatable bonds is 5. The fourth-order valence-electron chi connectivity index (χ4n) is 6.67. The van der Waals surface area contributed by atoms with Crippen LogP contribution in [-0.2, 0) is 11.2 Å². The van der Waals surface area contributed by atoms with E-state index in [4.69, 9.17) is 14.2 Å². The molecule has 0 aromatic heterocycles. The number of hydrogen-bond acceptors (Lipinski definition) is 15. The number of fused-ring (bicyclic) bond motifs is 2. The average Bonchev–Trinajstić information content (AvgIpc) is 3.09. The van der Waals surface area contributed by atoms with Crippen LogP contribution in [0.25, 0.3) is 0 Å². The van der Waals surface area contributed by atoms with Gasteiger partial charge in [-0.1, -0.05) is 18.2 Å². The summed E-state index contributed by atoms with van der Waals surface area (Å²) < 4.78 is 18.2. The molecule has 0 saturated carbocycles. The van der Waals surface area contributed by atoms with Gasteiger partial charge >= 0.3 is 5.97 Å². The van der Waals surface area contributed by atoms with E-state index in [-0.39, 0.29) is 57.2 Å². The minimum absolute atomic E-state index is 0.0269. The van der Waals surface area contributed by atoms with Crippen molar-refractivity contribution in [3.05, 3.63) is 106 Å². The molecule has 5 atom stereocenters. The van der Waals surface area contributed by atoms with Crippen molar-refractivity contribution < 1.29 is 75.2 Å². The lowest BCUT2D eigenvalue weighted by Gasteiger charge is -2.40. The minimum Gasteiger partial charge on any atom is -0.508 e. The molecule has 0 radical (unpaired) electrons. The van der Waals surface area contributed by atoms with E-state index in [1.165, 1.54) is 36.4 Å². The summed E-state index contributed by atoms with van der Waals surface area (Å²) in [6.07, 6.45) is -5.84. The van der Waals surface area contributed by atoms with E-state index in [1.54, 1.807) is 0 Å². The second kappa shape index (κ2) is 12.5. The van der Waals surface area contributed by atoms with Gasteiger partial charge in [0.05, 0.1) is 11.5 Å². The molecule has 15 heteroatoms. The van der Waals surface area contributed by atoms with Crippen molar-refractivity contribution in [2.75, 3.05) is 0 Å². The summed E-state index contributed by atoms with van der Waals surface area (Å²) in [6.45, 7) is 0. The van der Waals surface area contributed by atoms with Crippen LogP contribution in [0.1, 0.15) is 56.3 Å². The molecule has 268 valence electrons. The molecule has 0 fully saturated rings. The van der Waals surface area contributed by atoms with Crippen LogP contribution in [-0.4, -0.2) is 74.3 Å². The number of carbonyl (C=O) groups excluding carboxylic acids is 1. The molecule has 0 spiro atoms. The molecule has 5 aromatic rings. The smallest absolute Gasteiger partial charge is 0.338 e. The van der Waals surface area contributed by atoms with Gasteiger partial charge in [0, 0.05) is 46.9 Å². The summed E-state index contributed by atoms with van der Waals surface area (Å²) in [6, 6.07) is 14.2. The maximum atomic E-state index is 13.3. The van der Waals surface area contributed by atoms with E-state index >= 15 is 0 Å². The monoisotopic (exact) mass is 714 g/mol. The first kappa shape index (κ1) is 33.6. The molecule has 2 aliphatic rings. The third kappa shape index (κ3) is 5.68. The zero-order valence-electron chi connectivity index (χ0n) is 26.6. The Morgan fingerprint density at radius 1 is 0.596 bits per heavy atom. The summed E-state index contributed by atoms with van der Waals surface area (Å²) in [7, 11) is 0. The highest BCUT2D eigenvalue weighted by atomic mass is 16.6. The number of aliphatic hydroxyl groups excluding tert-OH is 1. The molecular formula is C37H30O15. The van der Waals surface area contributed by atoms with Gasteiger partial charge in [0.15, 0.2) is 41.0 Å².